The van der Waals surface area contributed by atoms with Crippen LogP contribution in [0.2, 0.25) is 0 Å². The van der Waals surface area contributed by atoms with Gasteiger partial charge in [-0.15, -0.1) is 0 Å². The van der Waals surface area contributed by atoms with E-state index in [1.54, 1.807) is 0 Å². The van der Waals surface area contributed by atoms with Crippen molar-refractivity contribution < 1.29 is 4.74 Å². The summed E-state index contributed by atoms with van der Waals surface area (Å²) in [6.45, 7) is 6.87. The van der Waals surface area contributed by atoms with Crippen LogP contribution in [0.4, 0.5) is 0 Å². The molecule has 1 fully saturated rings. The van der Waals surface area contributed by atoms with Crippen LogP contribution in [-0.2, 0) is 11.3 Å². The molecule has 1 saturated heterocycles. The second-order valence-corrected chi connectivity index (χ2v) is 5.66. The highest BCUT2D eigenvalue weighted by molar-refractivity contribution is 5.36. The summed E-state index contributed by atoms with van der Waals surface area (Å²) in [5.41, 5.74) is 4.76. The molecule has 4 heteroatoms. The molecule has 2 aromatic rings. The van der Waals surface area contributed by atoms with Gasteiger partial charge in [0.25, 0.3) is 0 Å². The highest BCUT2D eigenvalue weighted by Crippen LogP contribution is 2.18. The fourth-order valence-electron chi connectivity index (χ4n) is 2.90. The Balaban J connectivity index is 1.75. The van der Waals surface area contributed by atoms with Gasteiger partial charge in [0, 0.05) is 37.1 Å². The summed E-state index contributed by atoms with van der Waals surface area (Å²) in [6.07, 6.45) is 2.20. The van der Waals surface area contributed by atoms with Crippen LogP contribution in [0, 0.1) is 13.8 Å². The number of ether oxygens (including phenoxy) is 1. The summed E-state index contributed by atoms with van der Waals surface area (Å²) < 4.78 is 7.44. The van der Waals surface area contributed by atoms with E-state index in [1.165, 1.54) is 11.3 Å². The Morgan fingerprint density at radius 3 is 2.62 bits per heavy atom. The molecule has 0 amide bonds. The third kappa shape index (κ3) is 3.17. The van der Waals surface area contributed by atoms with Gasteiger partial charge in [-0.1, -0.05) is 18.2 Å². The van der Waals surface area contributed by atoms with Crippen molar-refractivity contribution in [2.24, 2.45) is 0 Å². The van der Waals surface area contributed by atoms with E-state index < -0.39 is 0 Å². The van der Waals surface area contributed by atoms with Crippen LogP contribution in [0.3, 0.4) is 0 Å². The minimum absolute atomic E-state index is 0.567. The SMILES string of the molecule is Cc1nn(-c2ccccc2)c(C)c1CNC1CCOCC1. The van der Waals surface area contributed by atoms with Crippen molar-refractivity contribution in [3.05, 3.63) is 47.3 Å². The van der Waals surface area contributed by atoms with Crippen LogP contribution < -0.4 is 5.32 Å². The van der Waals surface area contributed by atoms with E-state index in [0.717, 1.165) is 44.0 Å². The molecule has 1 aromatic carbocycles. The van der Waals surface area contributed by atoms with Crippen LogP contribution in [0.15, 0.2) is 30.3 Å². The van der Waals surface area contributed by atoms with Gasteiger partial charge in [-0.2, -0.15) is 5.10 Å². The zero-order valence-electron chi connectivity index (χ0n) is 12.8. The van der Waals surface area contributed by atoms with Crippen LogP contribution in [0.25, 0.3) is 5.69 Å². The van der Waals surface area contributed by atoms with Crippen molar-refractivity contribution in [2.45, 2.75) is 39.3 Å². The standard InChI is InChI=1S/C17H23N3O/c1-13-17(12-18-15-8-10-21-11-9-15)14(2)20(19-13)16-6-4-3-5-7-16/h3-7,15,18H,8-12H2,1-2H3. The molecule has 0 aliphatic carbocycles. The maximum absolute atomic E-state index is 5.40. The normalized spacial score (nSPS) is 16.3. The first kappa shape index (κ1) is 14.3. The maximum atomic E-state index is 5.40. The van der Waals surface area contributed by atoms with Gasteiger partial charge in [-0.25, -0.2) is 4.68 Å². The zero-order chi connectivity index (χ0) is 14.7. The van der Waals surface area contributed by atoms with Gasteiger partial charge in [0.1, 0.15) is 0 Å². The molecule has 1 aromatic heterocycles. The number of hydrogen-bond donors (Lipinski definition) is 1. The van der Waals surface area contributed by atoms with Crippen LogP contribution >= 0.6 is 0 Å². The number of nitrogens with zero attached hydrogens (tertiary/aromatic N) is 2. The van der Waals surface area contributed by atoms with E-state index in [-0.39, 0.29) is 0 Å². The largest absolute Gasteiger partial charge is 0.381 e. The maximum Gasteiger partial charge on any atom is 0.0648 e. The summed E-state index contributed by atoms with van der Waals surface area (Å²) in [5, 5.41) is 8.35. The van der Waals surface area contributed by atoms with Crippen molar-refractivity contribution in [1.82, 2.24) is 15.1 Å². The van der Waals surface area contributed by atoms with Gasteiger partial charge in [0.2, 0.25) is 0 Å². The smallest absolute Gasteiger partial charge is 0.0648 e. The Hall–Kier alpha value is -1.65. The van der Waals surface area contributed by atoms with Gasteiger partial charge in [0.05, 0.1) is 11.4 Å². The van der Waals surface area contributed by atoms with Crippen molar-refractivity contribution in [3.63, 3.8) is 0 Å². The second kappa shape index (κ2) is 6.41. The van der Waals surface area contributed by atoms with Gasteiger partial charge in [-0.3, -0.25) is 0 Å². The van der Waals surface area contributed by atoms with Gasteiger partial charge in [-0.05, 0) is 38.8 Å². The summed E-state index contributed by atoms with van der Waals surface area (Å²) in [5.74, 6) is 0. The zero-order valence-corrected chi connectivity index (χ0v) is 12.8. The molecule has 0 radical (unpaired) electrons. The Morgan fingerprint density at radius 1 is 1.19 bits per heavy atom. The van der Waals surface area contributed by atoms with E-state index in [2.05, 4.69) is 31.3 Å². The van der Waals surface area contributed by atoms with E-state index in [9.17, 15) is 0 Å². The first-order chi connectivity index (χ1) is 10.3. The van der Waals surface area contributed by atoms with Gasteiger partial charge >= 0.3 is 0 Å². The molecular formula is C17H23N3O. The Labute approximate surface area is 126 Å². The molecule has 0 bridgehead atoms. The number of para-hydroxylation sites is 1. The number of aromatic nitrogens is 2. The average molecular weight is 285 g/mol. The summed E-state index contributed by atoms with van der Waals surface area (Å²) in [6, 6.07) is 10.9. The first-order valence-corrected chi connectivity index (χ1v) is 7.67. The van der Waals surface area contributed by atoms with E-state index in [1.807, 2.05) is 22.9 Å². The molecule has 0 unspecified atom stereocenters. The van der Waals surface area contributed by atoms with Crippen LogP contribution in [-0.4, -0.2) is 29.0 Å². The fourth-order valence-corrected chi connectivity index (χ4v) is 2.90. The van der Waals surface area contributed by atoms with Crippen molar-refractivity contribution >= 4 is 0 Å². The fraction of sp³-hybridized carbons (Fsp3) is 0.471. The van der Waals surface area contributed by atoms with Gasteiger partial charge < -0.3 is 10.1 Å². The average Bonchev–Trinajstić information content (AvgIpc) is 2.82. The number of rotatable bonds is 4. The van der Waals surface area contributed by atoms with E-state index in [4.69, 9.17) is 9.84 Å². The third-order valence-corrected chi connectivity index (χ3v) is 4.23. The predicted octanol–water partition coefficient (Wildman–Crippen LogP) is 2.76. The molecule has 1 N–H and O–H groups in total. The Morgan fingerprint density at radius 2 is 1.90 bits per heavy atom. The number of benzene rings is 1. The third-order valence-electron chi connectivity index (χ3n) is 4.23. The minimum atomic E-state index is 0.567. The monoisotopic (exact) mass is 285 g/mol. The Bertz CT molecular complexity index is 586. The lowest BCUT2D eigenvalue weighted by molar-refractivity contribution is 0.0776. The lowest BCUT2D eigenvalue weighted by Gasteiger charge is -2.23. The number of hydrogen-bond acceptors (Lipinski definition) is 3. The lowest BCUT2D eigenvalue weighted by Crippen LogP contribution is -2.34. The molecule has 3 rings (SSSR count). The molecule has 21 heavy (non-hydrogen) atoms. The summed E-state index contributed by atoms with van der Waals surface area (Å²) >= 11 is 0. The van der Waals surface area contributed by atoms with E-state index in [0.29, 0.717) is 6.04 Å². The predicted molar refractivity (Wildman–Crippen MR) is 83.7 cm³/mol. The van der Waals surface area contributed by atoms with Crippen LogP contribution in [0.5, 0.6) is 0 Å². The molecule has 2 heterocycles. The Kier molecular flexibility index (Phi) is 4.36. The number of nitrogens with one attached hydrogen (secondary N) is 1. The molecule has 1 aliphatic rings. The summed E-state index contributed by atoms with van der Waals surface area (Å²) in [7, 11) is 0. The summed E-state index contributed by atoms with van der Waals surface area (Å²) in [4.78, 5) is 0. The first-order valence-electron chi connectivity index (χ1n) is 7.67. The van der Waals surface area contributed by atoms with Gasteiger partial charge in [0.15, 0.2) is 0 Å². The topological polar surface area (TPSA) is 39.1 Å². The highest BCUT2D eigenvalue weighted by atomic mass is 16.5. The highest BCUT2D eigenvalue weighted by Gasteiger charge is 2.16. The quantitative estimate of drug-likeness (QED) is 0.939. The van der Waals surface area contributed by atoms with Crippen molar-refractivity contribution in [3.8, 4) is 5.69 Å². The molecule has 112 valence electrons. The molecule has 0 saturated carbocycles. The van der Waals surface area contributed by atoms with Crippen LogP contribution in [0.1, 0.15) is 29.8 Å². The molecule has 0 spiro atoms. The van der Waals surface area contributed by atoms with Crippen molar-refractivity contribution in [2.75, 3.05) is 13.2 Å². The van der Waals surface area contributed by atoms with Crippen molar-refractivity contribution in [1.29, 1.82) is 0 Å². The molecular weight excluding hydrogens is 262 g/mol. The second-order valence-electron chi connectivity index (χ2n) is 5.66. The molecule has 0 atom stereocenters. The minimum Gasteiger partial charge on any atom is -0.381 e. The molecule has 4 nitrogen and oxygen atoms in total. The lowest BCUT2D eigenvalue weighted by atomic mass is 10.1. The molecule has 1 aliphatic heterocycles. The number of aryl methyl sites for hydroxylation is 1. The van der Waals surface area contributed by atoms with E-state index >= 15 is 0 Å².